The van der Waals surface area contributed by atoms with Crippen LogP contribution in [0.5, 0.6) is 0 Å². The Kier molecular flexibility index (Phi) is 10.4. The molecule has 0 bridgehead atoms. The van der Waals surface area contributed by atoms with Gasteiger partial charge in [-0.05, 0) is 104 Å². The van der Waals surface area contributed by atoms with E-state index in [0.717, 1.165) is 72.4 Å². The number of hydrogen-bond donors (Lipinski definition) is 4. The van der Waals surface area contributed by atoms with Crippen molar-refractivity contribution in [1.82, 2.24) is 25.5 Å². The van der Waals surface area contributed by atoms with Gasteiger partial charge in [0.15, 0.2) is 5.82 Å². The largest absolute Gasteiger partial charge is 0.378 e. The van der Waals surface area contributed by atoms with Crippen molar-refractivity contribution in [3.05, 3.63) is 77.2 Å². The van der Waals surface area contributed by atoms with Gasteiger partial charge in [0.2, 0.25) is 17.1 Å². The average molecular weight is 657 g/mol. The number of H-pyrrole nitrogens is 1. The zero-order valence-corrected chi connectivity index (χ0v) is 27.3. The van der Waals surface area contributed by atoms with E-state index in [1.165, 1.54) is 0 Å². The topological polar surface area (TPSA) is 151 Å². The summed E-state index contributed by atoms with van der Waals surface area (Å²) in [6.07, 6.45) is 5.65. The van der Waals surface area contributed by atoms with E-state index in [-0.39, 0.29) is 23.0 Å². The number of anilines is 2. The molecule has 6 rings (SSSR count). The molecule has 3 heterocycles. The fourth-order valence-corrected chi connectivity index (χ4v) is 6.51. The van der Waals surface area contributed by atoms with Crippen LogP contribution >= 0.6 is 11.6 Å². The van der Waals surface area contributed by atoms with Crippen molar-refractivity contribution >= 4 is 34.9 Å². The predicted octanol–water partition coefficient (Wildman–Crippen LogP) is 4.76. The first-order valence-electron chi connectivity index (χ1n) is 16.2. The van der Waals surface area contributed by atoms with Crippen LogP contribution in [0.4, 0.5) is 11.5 Å². The normalized spacial score (nSPS) is 18.8. The summed E-state index contributed by atoms with van der Waals surface area (Å²) in [7, 11) is 0. The van der Waals surface area contributed by atoms with Crippen molar-refractivity contribution in [2.24, 2.45) is 17.6 Å². The summed E-state index contributed by atoms with van der Waals surface area (Å²) < 4.78 is 5.49. The van der Waals surface area contributed by atoms with Crippen LogP contribution in [0.15, 0.2) is 60.8 Å². The molecule has 1 aliphatic heterocycles. The standard InChI is InChI=1S/C35H41ClN8O3/c1-22-17-31(44-13-15-47-16-14-44)38-21-29(22)27-4-2-3-24(18-27)19-30(40-33(45)26-7-5-23(20-37)6-8-26)34(46)39-28-11-9-25(10-12-28)32-41-35(36)43-42-32/h2-4,9-12,17-18,21,23,26,30H,5-8,13-16,19-20,37H2,1H3,(H,39,46)(H,40,45)(H,41,42,43)/t23?,26?,30-/m0/s1. The average Bonchev–Trinajstić information content (AvgIpc) is 3.54. The Morgan fingerprint density at radius 2 is 1.81 bits per heavy atom. The van der Waals surface area contributed by atoms with Gasteiger partial charge in [0, 0.05) is 48.4 Å². The minimum atomic E-state index is -0.777. The minimum absolute atomic E-state index is 0.0898. The number of aromatic nitrogens is 4. The molecule has 246 valence electrons. The van der Waals surface area contributed by atoms with Gasteiger partial charge >= 0.3 is 0 Å². The summed E-state index contributed by atoms with van der Waals surface area (Å²) in [5.41, 5.74) is 11.3. The molecule has 1 saturated heterocycles. The third-order valence-electron chi connectivity index (χ3n) is 9.18. The lowest BCUT2D eigenvalue weighted by molar-refractivity contribution is -0.130. The van der Waals surface area contributed by atoms with Crippen LogP contribution in [-0.4, -0.2) is 70.9 Å². The molecule has 1 aliphatic carbocycles. The number of amides is 2. The van der Waals surface area contributed by atoms with E-state index in [2.05, 4.69) is 55.8 Å². The highest BCUT2D eigenvalue weighted by molar-refractivity contribution is 6.28. The number of rotatable bonds is 10. The Hall–Kier alpha value is -4.32. The van der Waals surface area contributed by atoms with Gasteiger partial charge in [0.05, 0.1) is 13.2 Å². The van der Waals surface area contributed by atoms with Crippen molar-refractivity contribution in [1.29, 1.82) is 0 Å². The quantitative estimate of drug-likeness (QED) is 0.191. The number of nitrogens with two attached hydrogens (primary N) is 1. The molecular formula is C35H41ClN8O3. The number of nitrogens with zero attached hydrogens (tertiary/aromatic N) is 4. The molecule has 2 aromatic carbocycles. The molecule has 1 atom stereocenters. The Balaban J connectivity index is 1.19. The zero-order chi connectivity index (χ0) is 32.8. The number of benzene rings is 2. The Morgan fingerprint density at radius 3 is 2.49 bits per heavy atom. The number of aromatic amines is 1. The van der Waals surface area contributed by atoms with Crippen LogP contribution in [0.2, 0.25) is 5.28 Å². The van der Waals surface area contributed by atoms with E-state index in [4.69, 9.17) is 27.1 Å². The number of hydrogen-bond acceptors (Lipinski definition) is 8. The smallest absolute Gasteiger partial charge is 0.247 e. The second-order valence-electron chi connectivity index (χ2n) is 12.4. The van der Waals surface area contributed by atoms with Crippen LogP contribution in [0.25, 0.3) is 22.5 Å². The van der Waals surface area contributed by atoms with Crippen molar-refractivity contribution in [3.63, 3.8) is 0 Å². The van der Waals surface area contributed by atoms with Crippen LogP contribution in [0, 0.1) is 18.8 Å². The second kappa shape index (κ2) is 15.1. The molecular weight excluding hydrogens is 616 g/mol. The summed E-state index contributed by atoms with van der Waals surface area (Å²) in [6.45, 7) is 5.79. The van der Waals surface area contributed by atoms with Gasteiger partial charge < -0.3 is 31.0 Å². The highest BCUT2D eigenvalue weighted by Crippen LogP contribution is 2.30. The number of carbonyl (C=O) groups is 2. The second-order valence-corrected chi connectivity index (χ2v) is 12.8. The van der Waals surface area contributed by atoms with Gasteiger partial charge in [-0.3, -0.25) is 9.59 Å². The van der Waals surface area contributed by atoms with Crippen molar-refractivity contribution < 1.29 is 14.3 Å². The first-order valence-corrected chi connectivity index (χ1v) is 16.6. The van der Waals surface area contributed by atoms with Gasteiger partial charge in [0.25, 0.3) is 0 Å². The fraction of sp³-hybridized carbons (Fsp3) is 0.400. The maximum atomic E-state index is 13.8. The van der Waals surface area contributed by atoms with Gasteiger partial charge in [-0.25, -0.2) is 4.98 Å². The number of nitrogens with one attached hydrogen (secondary N) is 3. The Labute approximate surface area is 279 Å². The lowest BCUT2D eigenvalue weighted by Crippen LogP contribution is -2.48. The van der Waals surface area contributed by atoms with E-state index < -0.39 is 6.04 Å². The van der Waals surface area contributed by atoms with Crippen molar-refractivity contribution in [3.8, 4) is 22.5 Å². The SMILES string of the molecule is Cc1cc(N2CCOCC2)ncc1-c1cccc(C[C@H](NC(=O)C2CCC(CN)CC2)C(=O)Nc2ccc(-c3nnc(Cl)[nH]3)cc2)c1. The summed E-state index contributed by atoms with van der Waals surface area (Å²) in [5, 5.41) is 14.1. The number of halogens is 1. The first kappa shape index (κ1) is 32.6. The van der Waals surface area contributed by atoms with E-state index in [9.17, 15) is 9.59 Å². The predicted molar refractivity (Wildman–Crippen MR) is 183 cm³/mol. The number of ether oxygens (including phenoxy) is 1. The molecule has 2 aromatic heterocycles. The highest BCUT2D eigenvalue weighted by atomic mass is 35.5. The van der Waals surface area contributed by atoms with Crippen molar-refractivity contribution in [2.45, 2.75) is 45.1 Å². The lowest BCUT2D eigenvalue weighted by Gasteiger charge is -2.28. The summed E-state index contributed by atoms with van der Waals surface area (Å²) >= 11 is 5.88. The van der Waals surface area contributed by atoms with Gasteiger partial charge in [-0.1, -0.05) is 24.3 Å². The summed E-state index contributed by atoms with van der Waals surface area (Å²) in [4.78, 5) is 37.1. The molecule has 0 radical (unpaired) electrons. The maximum Gasteiger partial charge on any atom is 0.247 e. The monoisotopic (exact) mass is 656 g/mol. The van der Waals surface area contributed by atoms with E-state index in [0.29, 0.717) is 43.6 Å². The van der Waals surface area contributed by atoms with E-state index in [1.807, 2.05) is 30.5 Å². The summed E-state index contributed by atoms with van der Waals surface area (Å²) in [5.74, 6) is 1.42. The van der Waals surface area contributed by atoms with Crippen LogP contribution in [0.3, 0.4) is 0 Å². The highest BCUT2D eigenvalue weighted by Gasteiger charge is 2.29. The van der Waals surface area contributed by atoms with Gasteiger partial charge in [-0.15, -0.1) is 10.2 Å². The van der Waals surface area contributed by atoms with E-state index >= 15 is 0 Å². The molecule has 2 fully saturated rings. The number of carbonyl (C=O) groups excluding carboxylic acids is 2. The molecule has 11 nitrogen and oxygen atoms in total. The fourth-order valence-electron chi connectivity index (χ4n) is 6.38. The van der Waals surface area contributed by atoms with Gasteiger partial charge in [-0.2, -0.15) is 0 Å². The molecule has 0 unspecified atom stereocenters. The summed E-state index contributed by atoms with van der Waals surface area (Å²) in [6, 6.07) is 16.7. The zero-order valence-electron chi connectivity index (χ0n) is 26.5. The molecule has 47 heavy (non-hydrogen) atoms. The van der Waals surface area contributed by atoms with Crippen LogP contribution in [-0.2, 0) is 20.7 Å². The molecule has 4 aromatic rings. The minimum Gasteiger partial charge on any atom is -0.378 e. The Bertz CT molecular complexity index is 1680. The van der Waals surface area contributed by atoms with Crippen molar-refractivity contribution in [2.75, 3.05) is 43.1 Å². The Morgan fingerprint density at radius 1 is 1.04 bits per heavy atom. The van der Waals surface area contributed by atoms with Crippen LogP contribution in [0.1, 0.15) is 36.8 Å². The van der Waals surface area contributed by atoms with Crippen LogP contribution < -0.4 is 21.3 Å². The molecule has 12 heteroatoms. The lowest BCUT2D eigenvalue weighted by atomic mass is 9.81. The van der Waals surface area contributed by atoms with E-state index in [1.54, 1.807) is 12.1 Å². The third kappa shape index (κ3) is 8.16. The molecule has 1 saturated carbocycles. The molecule has 0 spiro atoms. The molecule has 2 amide bonds. The van der Waals surface area contributed by atoms with Gasteiger partial charge in [0.1, 0.15) is 11.9 Å². The number of pyridine rings is 1. The number of aryl methyl sites for hydroxylation is 1. The molecule has 5 N–H and O–H groups in total. The maximum absolute atomic E-state index is 13.8. The number of morpholine rings is 1. The first-order chi connectivity index (χ1) is 22.9. The molecule has 2 aliphatic rings. The third-order valence-corrected chi connectivity index (χ3v) is 9.35.